The first-order valence-corrected chi connectivity index (χ1v) is 3.26. The molecule has 10 heavy (non-hydrogen) atoms. The lowest BCUT2D eigenvalue weighted by Gasteiger charge is -2.35. The van der Waals surface area contributed by atoms with Crippen LogP contribution in [-0.4, -0.2) is 5.11 Å². The highest BCUT2D eigenvalue weighted by Gasteiger charge is 2.35. The fourth-order valence-electron chi connectivity index (χ4n) is 1.34. The normalized spacial score (nSPS) is 34.7. The fourth-order valence-corrected chi connectivity index (χ4v) is 1.34. The second-order valence-corrected chi connectivity index (χ2v) is 2.69. The Morgan fingerprint density at radius 2 is 2.40 bits per heavy atom. The molecule has 1 aromatic rings. The van der Waals surface area contributed by atoms with Gasteiger partial charge in [-0.25, -0.2) is 0 Å². The van der Waals surface area contributed by atoms with Gasteiger partial charge in [0.05, 0.1) is 5.60 Å². The van der Waals surface area contributed by atoms with Crippen LogP contribution in [0, 0.1) is 0 Å². The van der Waals surface area contributed by atoms with Crippen LogP contribution in [0.3, 0.4) is 0 Å². The van der Waals surface area contributed by atoms with Crippen molar-refractivity contribution < 1.29 is 9.22 Å². The summed E-state index contributed by atoms with van der Waals surface area (Å²) in [5.41, 5.74) is -0.125. The van der Waals surface area contributed by atoms with Crippen molar-refractivity contribution in [3.63, 3.8) is 0 Å². The van der Waals surface area contributed by atoms with Crippen molar-refractivity contribution in [3.05, 3.63) is 35.4 Å². The molecule has 0 amide bonds. The number of benzene rings is 1. The van der Waals surface area contributed by atoms with E-state index in [0.29, 0.717) is 5.56 Å². The van der Waals surface area contributed by atoms with Gasteiger partial charge in [0.25, 0.3) is 0 Å². The van der Waals surface area contributed by atoms with E-state index in [2.05, 4.69) is 0 Å². The molecule has 0 saturated heterocycles. The van der Waals surface area contributed by atoms with Gasteiger partial charge in [-0.15, -0.1) is 0 Å². The van der Waals surface area contributed by atoms with Crippen molar-refractivity contribution in [3.8, 4) is 0 Å². The standard InChI is InChI=1S/C9H10O/c1-9(10)6-7-4-2-3-5-8(7)9/h2-5,10H,6H2,1H3/i1D3. The largest absolute Gasteiger partial charge is 0.385 e. The molecule has 0 heterocycles. The molecule has 1 aliphatic carbocycles. The quantitative estimate of drug-likeness (QED) is 0.573. The molecule has 0 radical (unpaired) electrons. The molecule has 1 heteroatoms. The van der Waals surface area contributed by atoms with Crippen LogP contribution >= 0.6 is 0 Å². The molecule has 0 bridgehead atoms. The van der Waals surface area contributed by atoms with Crippen molar-refractivity contribution in [1.29, 1.82) is 0 Å². The van der Waals surface area contributed by atoms with Crippen LogP contribution in [0.2, 0.25) is 0 Å². The summed E-state index contributed by atoms with van der Waals surface area (Å²) in [6, 6.07) is 7.10. The van der Waals surface area contributed by atoms with E-state index in [4.69, 9.17) is 4.11 Å². The van der Waals surface area contributed by atoms with Gasteiger partial charge in [-0.3, -0.25) is 0 Å². The molecule has 52 valence electrons. The van der Waals surface area contributed by atoms with Crippen molar-refractivity contribution in [2.75, 3.05) is 0 Å². The maximum atomic E-state index is 9.84. The molecular weight excluding hydrogens is 124 g/mol. The van der Waals surface area contributed by atoms with Gasteiger partial charge in [0.1, 0.15) is 0 Å². The van der Waals surface area contributed by atoms with Gasteiger partial charge in [0, 0.05) is 10.5 Å². The Morgan fingerprint density at radius 1 is 1.60 bits per heavy atom. The molecule has 0 fully saturated rings. The van der Waals surface area contributed by atoms with Gasteiger partial charge in [-0.1, -0.05) is 24.3 Å². The predicted molar refractivity (Wildman–Crippen MR) is 39.7 cm³/mol. The smallest absolute Gasteiger partial charge is 0.0911 e. The molecule has 0 spiro atoms. The number of rotatable bonds is 0. The summed E-state index contributed by atoms with van der Waals surface area (Å²) in [6.07, 6.45) is 0.236. The van der Waals surface area contributed by atoms with Gasteiger partial charge in [-0.2, -0.15) is 0 Å². The summed E-state index contributed by atoms with van der Waals surface area (Å²) < 4.78 is 21.6. The Hall–Kier alpha value is -0.820. The summed E-state index contributed by atoms with van der Waals surface area (Å²) >= 11 is 0. The first-order valence-electron chi connectivity index (χ1n) is 4.76. The van der Waals surface area contributed by atoms with Crippen molar-refractivity contribution in [2.45, 2.75) is 18.9 Å². The van der Waals surface area contributed by atoms with E-state index >= 15 is 0 Å². The third kappa shape index (κ3) is 0.611. The zero-order valence-corrected chi connectivity index (χ0v) is 5.46. The maximum Gasteiger partial charge on any atom is 0.0911 e. The van der Waals surface area contributed by atoms with Crippen molar-refractivity contribution >= 4 is 0 Å². The molecule has 0 aromatic heterocycles. The van der Waals surface area contributed by atoms with Crippen LogP contribution < -0.4 is 0 Å². The Bertz CT molecular complexity index is 345. The Morgan fingerprint density at radius 3 is 3.10 bits per heavy atom. The highest BCUT2D eigenvalue weighted by Crippen LogP contribution is 2.37. The second kappa shape index (κ2) is 1.61. The lowest BCUT2D eigenvalue weighted by molar-refractivity contribution is 0.0329. The zero-order chi connectivity index (χ0) is 9.69. The van der Waals surface area contributed by atoms with E-state index in [9.17, 15) is 5.11 Å². The number of hydrogen-bond donors (Lipinski definition) is 1. The highest BCUT2D eigenvalue weighted by atomic mass is 16.3. The monoisotopic (exact) mass is 137 g/mol. The minimum absolute atomic E-state index is 0.236. The topological polar surface area (TPSA) is 20.2 Å². The van der Waals surface area contributed by atoms with Gasteiger partial charge < -0.3 is 5.11 Å². The summed E-state index contributed by atoms with van der Waals surface area (Å²) in [5.74, 6) is 0. The minimum Gasteiger partial charge on any atom is -0.385 e. The van der Waals surface area contributed by atoms with Gasteiger partial charge >= 0.3 is 0 Å². The molecule has 0 aliphatic heterocycles. The molecule has 0 saturated carbocycles. The van der Waals surface area contributed by atoms with E-state index in [-0.39, 0.29) is 6.42 Å². The number of fused-ring (bicyclic) bond motifs is 1. The fraction of sp³-hybridized carbons (Fsp3) is 0.333. The SMILES string of the molecule is [2H]C([2H])([2H])C1(O)Cc2ccccc21. The van der Waals surface area contributed by atoms with Crippen LogP contribution in [-0.2, 0) is 12.0 Å². The van der Waals surface area contributed by atoms with Gasteiger partial charge in [0.15, 0.2) is 0 Å². The van der Waals surface area contributed by atoms with E-state index < -0.39 is 12.5 Å². The molecule has 1 N–H and O–H groups in total. The molecule has 2 rings (SSSR count). The summed E-state index contributed by atoms with van der Waals surface area (Å²) in [7, 11) is 0. The molecule has 1 aliphatic rings. The van der Waals surface area contributed by atoms with Gasteiger partial charge in [0.2, 0.25) is 0 Å². The highest BCUT2D eigenvalue weighted by molar-refractivity contribution is 5.41. The van der Waals surface area contributed by atoms with E-state index in [1.165, 1.54) is 0 Å². The molecule has 1 nitrogen and oxygen atoms in total. The average Bonchev–Trinajstić information content (AvgIpc) is 2.00. The molecule has 1 aromatic carbocycles. The predicted octanol–water partition coefficient (Wildman–Crippen LogP) is 1.45. The van der Waals surface area contributed by atoms with Crippen LogP contribution in [0.5, 0.6) is 0 Å². The lowest BCUT2D eigenvalue weighted by Crippen LogP contribution is -2.34. The van der Waals surface area contributed by atoms with Crippen molar-refractivity contribution in [1.82, 2.24) is 0 Å². The molecular formula is C9H10O. The first kappa shape index (κ1) is 3.54. The van der Waals surface area contributed by atoms with Crippen molar-refractivity contribution in [2.24, 2.45) is 0 Å². The van der Waals surface area contributed by atoms with Gasteiger partial charge in [-0.05, 0) is 18.0 Å². The second-order valence-electron chi connectivity index (χ2n) is 2.69. The van der Waals surface area contributed by atoms with E-state index in [0.717, 1.165) is 5.56 Å². The van der Waals surface area contributed by atoms with Crippen LogP contribution in [0.4, 0.5) is 0 Å². The Kier molecular flexibility index (Phi) is 0.570. The number of hydrogen-bond acceptors (Lipinski definition) is 1. The van der Waals surface area contributed by atoms with Crippen LogP contribution in [0.1, 0.15) is 22.1 Å². The van der Waals surface area contributed by atoms with Crippen LogP contribution in [0.25, 0.3) is 0 Å². The average molecular weight is 137 g/mol. The first-order chi connectivity index (χ1) is 5.95. The third-order valence-electron chi connectivity index (χ3n) is 1.91. The Labute approximate surface area is 64.5 Å². The summed E-state index contributed by atoms with van der Waals surface area (Å²) in [4.78, 5) is 0. The molecule has 1 unspecified atom stereocenters. The summed E-state index contributed by atoms with van der Waals surface area (Å²) in [5, 5.41) is 9.84. The minimum atomic E-state index is -2.32. The zero-order valence-electron chi connectivity index (χ0n) is 8.46. The molecule has 1 atom stereocenters. The third-order valence-corrected chi connectivity index (χ3v) is 1.91. The Balaban J connectivity index is 2.45. The lowest BCUT2D eigenvalue weighted by atomic mass is 9.75. The summed E-state index contributed by atoms with van der Waals surface area (Å²) in [6.45, 7) is -2.32. The van der Waals surface area contributed by atoms with E-state index in [1.807, 2.05) is 12.1 Å². The van der Waals surface area contributed by atoms with Crippen LogP contribution in [0.15, 0.2) is 24.3 Å². The maximum absolute atomic E-state index is 9.84. The number of aliphatic hydroxyl groups is 1. The van der Waals surface area contributed by atoms with E-state index in [1.54, 1.807) is 12.1 Å².